The number of likely N-dealkylation sites (N-methyl/N-ethyl adjacent to an activating group) is 1. The molecule has 15 heavy (non-hydrogen) atoms. The van der Waals surface area contributed by atoms with E-state index in [2.05, 4.69) is 58.0 Å². The van der Waals surface area contributed by atoms with Gasteiger partial charge in [-0.25, -0.2) is 0 Å². The SMILES string of the molecule is C=C1N(CC(C)(C)C)CCN(C)C1(C)C. The summed E-state index contributed by atoms with van der Waals surface area (Å²) in [6, 6.07) is 0. The van der Waals surface area contributed by atoms with E-state index in [1.165, 1.54) is 5.70 Å². The highest BCUT2D eigenvalue weighted by atomic mass is 15.3. The molecule has 0 aromatic rings. The molecule has 0 bridgehead atoms. The third kappa shape index (κ3) is 2.75. The van der Waals surface area contributed by atoms with Crippen molar-refractivity contribution in [2.75, 3.05) is 26.7 Å². The lowest BCUT2D eigenvalue weighted by molar-refractivity contribution is 0.0722. The Kier molecular flexibility index (Phi) is 3.20. The molecule has 1 aliphatic heterocycles. The first-order chi connectivity index (χ1) is 6.64. The lowest BCUT2D eigenvalue weighted by Gasteiger charge is -2.49. The molecule has 0 unspecified atom stereocenters. The molecular formula is C13H26N2. The van der Waals surface area contributed by atoms with Crippen LogP contribution in [-0.2, 0) is 0 Å². The zero-order valence-electron chi connectivity index (χ0n) is 11.2. The lowest BCUT2D eigenvalue weighted by Crippen LogP contribution is -2.56. The summed E-state index contributed by atoms with van der Waals surface area (Å²) in [6.07, 6.45) is 0. The van der Waals surface area contributed by atoms with Crippen LogP contribution in [0.1, 0.15) is 34.6 Å². The highest BCUT2D eigenvalue weighted by Gasteiger charge is 2.35. The van der Waals surface area contributed by atoms with Gasteiger partial charge in [0, 0.05) is 25.3 Å². The van der Waals surface area contributed by atoms with Crippen LogP contribution in [0.5, 0.6) is 0 Å². The number of hydrogen-bond donors (Lipinski definition) is 0. The molecule has 1 saturated heterocycles. The molecular weight excluding hydrogens is 184 g/mol. The van der Waals surface area contributed by atoms with Crippen molar-refractivity contribution in [1.82, 2.24) is 9.80 Å². The van der Waals surface area contributed by atoms with Crippen LogP contribution < -0.4 is 0 Å². The number of hydrogen-bond acceptors (Lipinski definition) is 2. The van der Waals surface area contributed by atoms with Gasteiger partial charge in [-0.05, 0) is 26.3 Å². The minimum Gasteiger partial charge on any atom is -0.372 e. The summed E-state index contributed by atoms with van der Waals surface area (Å²) in [5.41, 5.74) is 1.70. The molecule has 88 valence electrons. The van der Waals surface area contributed by atoms with Gasteiger partial charge in [0.25, 0.3) is 0 Å². The summed E-state index contributed by atoms with van der Waals surface area (Å²) in [7, 11) is 2.18. The van der Waals surface area contributed by atoms with Gasteiger partial charge in [0.1, 0.15) is 0 Å². The average molecular weight is 210 g/mol. The Morgan fingerprint density at radius 2 is 1.80 bits per heavy atom. The molecule has 0 aromatic heterocycles. The molecule has 0 atom stereocenters. The zero-order valence-corrected chi connectivity index (χ0v) is 11.2. The predicted molar refractivity (Wildman–Crippen MR) is 66.9 cm³/mol. The molecule has 2 heteroatoms. The van der Waals surface area contributed by atoms with Crippen LogP contribution in [0.15, 0.2) is 12.3 Å². The first-order valence-corrected chi connectivity index (χ1v) is 5.80. The van der Waals surface area contributed by atoms with Crippen molar-refractivity contribution in [3.05, 3.63) is 12.3 Å². The fourth-order valence-corrected chi connectivity index (χ4v) is 2.04. The molecule has 1 fully saturated rings. The Balaban J connectivity index is 2.75. The van der Waals surface area contributed by atoms with Crippen molar-refractivity contribution in [1.29, 1.82) is 0 Å². The van der Waals surface area contributed by atoms with Gasteiger partial charge in [-0.1, -0.05) is 27.4 Å². The third-order valence-electron chi connectivity index (χ3n) is 3.41. The van der Waals surface area contributed by atoms with E-state index in [1.54, 1.807) is 0 Å². The maximum Gasteiger partial charge on any atom is 0.0545 e. The fourth-order valence-electron chi connectivity index (χ4n) is 2.04. The molecule has 0 aliphatic carbocycles. The maximum atomic E-state index is 4.27. The molecule has 2 nitrogen and oxygen atoms in total. The maximum absolute atomic E-state index is 4.27. The Hall–Kier alpha value is -0.500. The summed E-state index contributed by atoms with van der Waals surface area (Å²) in [5.74, 6) is 0. The van der Waals surface area contributed by atoms with Crippen molar-refractivity contribution in [2.24, 2.45) is 5.41 Å². The van der Waals surface area contributed by atoms with Crippen molar-refractivity contribution in [2.45, 2.75) is 40.2 Å². The van der Waals surface area contributed by atoms with E-state index in [1.807, 2.05) is 0 Å². The largest absolute Gasteiger partial charge is 0.372 e. The summed E-state index contributed by atoms with van der Waals surface area (Å²) >= 11 is 0. The van der Waals surface area contributed by atoms with Crippen LogP contribution in [0.25, 0.3) is 0 Å². The molecule has 0 saturated carbocycles. The standard InChI is InChI=1S/C13H26N2/c1-11-13(5,6)14(7)8-9-15(11)10-12(2,3)4/h1,8-10H2,2-7H3. The van der Waals surface area contributed by atoms with E-state index in [4.69, 9.17) is 0 Å². The van der Waals surface area contributed by atoms with Gasteiger partial charge in [-0.15, -0.1) is 0 Å². The fraction of sp³-hybridized carbons (Fsp3) is 0.846. The van der Waals surface area contributed by atoms with Crippen molar-refractivity contribution in [3.8, 4) is 0 Å². The average Bonchev–Trinajstić information content (AvgIpc) is 2.06. The van der Waals surface area contributed by atoms with E-state index in [0.717, 1.165) is 19.6 Å². The summed E-state index contributed by atoms with van der Waals surface area (Å²) in [4.78, 5) is 4.83. The summed E-state index contributed by atoms with van der Waals surface area (Å²) in [5, 5.41) is 0. The Morgan fingerprint density at radius 3 is 2.27 bits per heavy atom. The molecule has 1 aliphatic rings. The van der Waals surface area contributed by atoms with Crippen LogP contribution in [0, 0.1) is 5.41 Å². The lowest BCUT2D eigenvalue weighted by atomic mass is 9.91. The van der Waals surface area contributed by atoms with E-state index in [0.29, 0.717) is 5.41 Å². The van der Waals surface area contributed by atoms with E-state index >= 15 is 0 Å². The smallest absolute Gasteiger partial charge is 0.0545 e. The Bertz CT molecular complexity index is 248. The van der Waals surface area contributed by atoms with Gasteiger partial charge < -0.3 is 4.90 Å². The molecule has 1 rings (SSSR count). The van der Waals surface area contributed by atoms with E-state index in [-0.39, 0.29) is 5.54 Å². The third-order valence-corrected chi connectivity index (χ3v) is 3.41. The quantitative estimate of drug-likeness (QED) is 0.656. The Morgan fingerprint density at radius 1 is 1.27 bits per heavy atom. The zero-order chi connectivity index (χ0) is 11.9. The molecule has 0 radical (unpaired) electrons. The molecule has 0 spiro atoms. The van der Waals surface area contributed by atoms with Crippen LogP contribution in [0.2, 0.25) is 0 Å². The second-order valence-electron chi connectivity index (χ2n) is 6.41. The minimum atomic E-state index is 0.101. The van der Waals surface area contributed by atoms with Crippen molar-refractivity contribution in [3.63, 3.8) is 0 Å². The monoisotopic (exact) mass is 210 g/mol. The number of nitrogens with zero attached hydrogens (tertiary/aromatic N) is 2. The Labute approximate surface area is 94.9 Å². The van der Waals surface area contributed by atoms with E-state index in [9.17, 15) is 0 Å². The van der Waals surface area contributed by atoms with Crippen molar-refractivity contribution < 1.29 is 0 Å². The normalized spacial score (nSPS) is 23.3. The van der Waals surface area contributed by atoms with Crippen LogP contribution in [0.3, 0.4) is 0 Å². The second-order valence-corrected chi connectivity index (χ2v) is 6.41. The molecule has 1 heterocycles. The topological polar surface area (TPSA) is 6.48 Å². The molecule has 0 aromatic carbocycles. The second kappa shape index (κ2) is 3.82. The van der Waals surface area contributed by atoms with Gasteiger partial charge in [0.2, 0.25) is 0 Å². The van der Waals surface area contributed by atoms with Crippen molar-refractivity contribution >= 4 is 0 Å². The number of piperazine rings is 1. The first-order valence-electron chi connectivity index (χ1n) is 5.80. The van der Waals surface area contributed by atoms with Crippen LogP contribution in [-0.4, -0.2) is 42.0 Å². The van der Waals surface area contributed by atoms with E-state index < -0.39 is 0 Å². The van der Waals surface area contributed by atoms with Gasteiger partial charge in [-0.2, -0.15) is 0 Å². The minimum absolute atomic E-state index is 0.101. The number of rotatable bonds is 1. The molecule has 0 amide bonds. The van der Waals surface area contributed by atoms with Gasteiger partial charge >= 0.3 is 0 Å². The summed E-state index contributed by atoms with van der Waals surface area (Å²) in [6.45, 7) is 19.0. The highest BCUT2D eigenvalue weighted by Crippen LogP contribution is 2.30. The van der Waals surface area contributed by atoms with Crippen LogP contribution >= 0.6 is 0 Å². The van der Waals surface area contributed by atoms with Gasteiger partial charge in [0.05, 0.1) is 5.54 Å². The van der Waals surface area contributed by atoms with Gasteiger partial charge in [-0.3, -0.25) is 4.90 Å². The first kappa shape index (κ1) is 12.6. The molecule has 0 N–H and O–H groups in total. The summed E-state index contributed by atoms with van der Waals surface area (Å²) < 4.78 is 0. The highest BCUT2D eigenvalue weighted by molar-refractivity contribution is 5.15. The van der Waals surface area contributed by atoms with Gasteiger partial charge in [0.15, 0.2) is 0 Å². The van der Waals surface area contributed by atoms with Crippen LogP contribution in [0.4, 0.5) is 0 Å². The predicted octanol–water partition coefficient (Wildman–Crippen LogP) is 2.57.